The lowest BCUT2D eigenvalue weighted by Crippen LogP contribution is -2.61. The Morgan fingerprint density at radius 1 is 1.31 bits per heavy atom. The Hall–Kier alpha value is 0.420. The highest BCUT2D eigenvalue weighted by atomic mass is 35.6. The van der Waals surface area contributed by atoms with Crippen molar-refractivity contribution in [2.24, 2.45) is 0 Å². The number of carbonyl (C=O) groups is 1. The number of amides is 1. The summed E-state index contributed by atoms with van der Waals surface area (Å²) in [5.41, 5.74) is 0. The molecular formula is C6H9Cl3N2O2. The number of carbonyl (C=O) groups excluding carboxylic acids is 1. The number of piperazine rings is 1. The third-order valence-electron chi connectivity index (χ3n) is 1.91. The van der Waals surface area contributed by atoms with Crippen molar-refractivity contribution in [3.05, 3.63) is 5.21 Å². The van der Waals surface area contributed by atoms with Gasteiger partial charge in [0.05, 0.1) is 13.1 Å². The molecule has 1 aliphatic rings. The van der Waals surface area contributed by atoms with Gasteiger partial charge in [0.2, 0.25) is 0 Å². The normalized spacial score (nSPS) is 22.8. The maximum Gasteiger partial charge on any atom is 0.365 e. The van der Waals surface area contributed by atoms with E-state index in [4.69, 9.17) is 34.8 Å². The number of nitrogens with one attached hydrogen (secondary N) is 1. The van der Waals surface area contributed by atoms with Gasteiger partial charge in [-0.05, 0) is 0 Å². The molecule has 76 valence electrons. The van der Waals surface area contributed by atoms with Crippen LogP contribution in [0.1, 0.15) is 0 Å². The molecule has 4 nitrogen and oxygen atoms in total. The zero-order chi connectivity index (χ0) is 10.1. The van der Waals surface area contributed by atoms with Gasteiger partial charge in [-0.15, -0.1) is 0 Å². The Morgan fingerprint density at radius 2 is 1.77 bits per heavy atom. The van der Waals surface area contributed by atoms with Crippen LogP contribution in [0.2, 0.25) is 0 Å². The van der Waals surface area contributed by atoms with Gasteiger partial charge < -0.3 is 10.5 Å². The smallest absolute Gasteiger partial charge is 0.365 e. The van der Waals surface area contributed by atoms with Crippen LogP contribution < -0.4 is 5.32 Å². The van der Waals surface area contributed by atoms with Gasteiger partial charge in [-0.2, -0.15) is 0 Å². The summed E-state index contributed by atoms with van der Waals surface area (Å²) in [6, 6.07) is 0. The van der Waals surface area contributed by atoms with E-state index in [1.807, 2.05) is 0 Å². The maximum absolute atomic E-state index is 11.8. The van der Waals surface area contributed by atoms with Gasteiger partial charge in [0.1, 0.15) is 0 Å². The van der Waals surface area contributed by atoms with E-state index in [0.717, 1.165) is 0 Å². The Kier molecular flexibility index (Phi) is 3.43. The lowest BCUT2D eigenvalue weighted by atomic mass is 10.3. The fourth-order valence-electron chi connectivity index (χ4n) is 1.19. The molecule has 0 spiro atoms. The van der Waals surface area contributed by atoms with E-state index in [2.05, 4.69) is 5.32 Å². The van der Waals surface area contributed by atoms with Crippen LogP contribution in [0.4, 0.5) is 0 Å². The Labute approximate surface area is 90.9 Å². The molecule has 0 saturated carbocycles. The summed E-state index contributed by atoms with van der Waals surface area (Å²) < 4.78 is -3.16. The molecule has 1 N–H and O–H groups in total. The molecule has 0 aromatic rings. The summed E-state index contributed by atoms with van der Waals surface area (Å²) in [7, 11) is 0. The van der Waals surface area contributed by atoms with Crippen molar-refractivity contribution in [2.75, 3.05) is 26.2 Å². The predicted octanol–water partition coefficient (Wildman–Crippen LogP) is 0.801. The molecular weight excluding hydrogens is 238 g/mol. The van der Waals surface area contributed by atoms with Crippen molar-refractivity contribution in [1.82, 2.24) is 5.32 Å². The van der Waals surface area contributed by atoms with Gasteiger partial charge in [-0.1, -0.05) is 34.8 Å². The van der Waals surface area contributed by atoms with Gasteiger partial charge in [0.15, 0.2) is 0 Å². The van der Waals surface area contributed by atoms with Crippen LogP contribution in [0, 0.1) is 5.21 Å². The number of hydrogen-bond donors (Lipinski definition) is 1. The van der Waals surface area contributed by atoms with E-state index in [1.165, 1.54) is 0 Å². The summed E-state index contributed by atoms with van der Waals surface area (Å²) in [5.74, 6) is -0.904. The van der Waals surface area contributed by atoms with Crippen LogP contribution in [0.25, 0.3) is 0 Å². The second-order valence-corrected chi connectivity index (χ2v) is 5.17. The van der Waals surface area contributed by atoms with E-state index in [0.29, 0.717) is 13.1 Å². The van der Waals surface area contributed by atoms with Crippen molar-refractivity contribution in [3.63, 3.8) is 0 Å². The molecule has 0 aromatic carbocycles. The van der Waals surface area contributed by atoms with Gasteiger partial charge in [0.25, 0.3) is 0 Å². The van der Waals surface area contributed by atoms with Crippen molar-refractivity contribution in [3.8, 4) is 0 Å². The molecule has 1 heterocycles. The van der Waals surface area contributed by atoms with Crippen molar-refractivity contribution in [2.45, 2.75) is 3.79 Å². The molecule has 0 bridgehead atoms. The van der Waals surface area contributed by atoms with E-state index < -0.39 is 14.3 Å². The molecule has 0 radical (unpaired) electrons. The van der Waals surface area contributed by atoms with E-state index in [-0.39, 0.29) is 13.1 Å². The van der Waals surface area contributed by atoms with E-state index >= 15 is 0 Å². The molecule has 1 fully saturated rings. The number of nitrogens with zero attached hydrogens (tertiary/aromatic N) is 1. The molecule has 1 saturated heterocycles. The summed E-state index contributed by atoms with van der Waals surface area (Å²) in [5, 5.41) is 14.7. The Morgan fingerprint density at radius 3 is 2.15 bits per heavy atom. The van der Waals surface area contributed by atoms with Gasteiger partial charge in [-0.25, -0.2) is 4.79 Å². The van der Waals surface area contributed by atoms with Crippen LogP contribution in [0.15, 0.2) is 0 Å². The van der Waals surface area contributed by atoms with Crippen molar-refractivity contribution in [1.29, 1.82) is 0 Å². The minimum Gasteiger partial charge on any atom is -0.625 e. The summed E-state index contributed by atoms with van der Waals surface area (Å²) in [6.07, 6.45) is 0. The highest BCUT2D eigenvalue weighted by molar-refractivity contribution is 6.75. The number of halogens is 3. The quantitative estimate of drug-likeness (QED) is 0.391. The van der Waals surface area contributed by atoms with Crippen molar-refractivity contribution >= 4 is 40.7 Å². The number of alkyl halides is 3. The third-order valence-corrected chi connectivity index (χ3v) is 2.40. The van der Waals surface area contributed by atoms with E-state index in [1.54, 1.807) is 0 Å². The fourth-order valence-corrected chi connectivity index (χ4v) is 1.65. The molecule has 0 atom stereocenters. The first kappa shape index (κ1) is 11.5. The number of quaternary nitrogens is 1. The average Bonchev–Trinajstić information content (AvgIpc) is 2.03. The highest BCUT2D eigenvalue weighted by Crippen LogP contribution is 2.31. The second kappa shape index (κ2) is 3.88. The van der Waals surface area contributed by atoms with Gasteiger partial charge >= 0.3 is 9.70 Å². The van der Waals surface area contributed by atoms with Crippen LogP contribution in [0.5, 0.6) is 0 Å². The third kappa shape index (κ3) is 2.68. The number of hydrogen-bond acceptors (Lipinski definition) is 3. The fraction of sp³-hybridized carbons (Fsp3) is 0.833. The van der Waals surface area contributed by atoms with Crippen LogP contribution >= 0.6 is 34.8 Å². The predicted molar refractivity (Wildman–Crippen MR) is 51.5 cm³/mol. The molecule has 1 amide bonds. The van der Waals surface area contributed by atoms with Crippen LogP contribution in [-0.2, 0) is 4.79 Å². The summed E-state index contributed by atoms with van der Waals surface area (Å²) in [4.78, 5) is 11.4. The zero-order valence-electron chi connectivity index (χ0n) is 6.73. The summed E-state index contributed by atoms with van der Waals surface area (Å²) in [6.45, 7) is 1.17. The molecule has 13 heavy (non-hydrogen) atoms. The topological polar surface area (TPSA) is 52.2 Å². The maximum atomic E-state index is 11.8. The Bertz CT molecular complexity index is 210. The largest absolute Gasteiger partial charge is 0.625 e. The lowest BCUT2D eigenvalue weighted by Gasteiger charge is -2.43. The lowest BCUT2D eigenvalue weighted by molar-refractivity contribution is -0.806. The van der Waals surface area contributed by atoms with Gasteiger partial charge in [0, 0.05) is 13.1 Å². The second-order valence-electron chi connectivity index (χ2n) is 2.89. The average molecular weight is 248 g/mol. The molecule has 0 aromatic heterocycles. The van der Waals surface area contributed by atoms with Crippen molar-refractivity contribution < 1.29 is 9.44 Å². The highest BCUT2D eigenvalue weighted by Gasteiger charge is 2.44. The molecule has 1 aliphatic heterocycles. The zero-order valence-corrected chi connectivity index (χ0v) is 8.99. The molecule has 0 unspecified atom stereocenters. The monoisotopic (exact) mass is 246 g/mol. The first-order chi connectivity index (χ1) is 5.86. The first-order valence-corrected chi connectivity index (χ1v) is 4.90. The molecule has 7 heteroatoms. The minimum absolute atomic E-state index is 0.118. The van der Waals surface area contributed by atoms with Crippen LogP contribution in [-0.4, -0.2) is 40.5 Å². The summed E-state index contributed by atoms with van der Waals surface area (Å²) >= 11 is 16.1. The molecule has 1 rings (SSSR count). The Balaban J connectivity index is 2.73. The number of hydroxylamine groups is 3. The first-order valence-electron chi connectivity index (χ1n) is 3.77. The SMILES string of the molecule is O=C(C(Cl)(Cl)Cl)[N+]1([O-])CCNCC1. The standard InChI is InChI=1S/C6H9Cl3N2O2/c7-6(8,9)5(12)11(13)3-1-10-2-4-11/h10H,1-4H2. The number of rotatable bonds is 0. The van der Waals surface area contributed by atoms with Gasteiger partial charge in [-0.3, -0.25) is 4.65 Å². The molecule has 0 aliphatic carbocycles. The minimum atomic E-state index is -2.11. The van der Waals surface area contributed by atoms with E-state index in [9.17, 15) is 10.0 Å². The van der Waals surface area contributed by atoms with Crippen LogP contribution in [0.3, 0.4) is 0 Å².